The van der Waals surface area contributed by atoms with Gasteiger partial charge in [0, 0.05) is 32.1 Å². The molecule has 0 aromatic carbocycles. The first-order valence-corrected chi connectivity index (χ1v) is 6.02. The molecule has 7 heteroatoms. The second kappa shape index (κ2) is 5.14. The van der Waals surface area contributed by atoms with E-state index in [1.165, 1.54) is 0 Å². The summed E-state index contributed by atoms with van der Waals surface area (Å²) in [7, 11) is 1.66. The van der Waals surface area contributed by atoms with E-state index >= 15 is 0 Å². The van der Waals surface area contributed by atoms with Crippen molar-refractivity contribution in [3.63, 3.8) is 0 Å². The monoisotopic (exact) mass is 273 g/mol. The van der Waals surface area contributed by atoms with Crippen LogP contribution in [-0.4, -0.2) is 28.8 Å². The van der Waals surface area contributed by atoms with Crippen molar-refractivity contribution in [3.8, 4) is 0 Å². The lowest BCUT2D eigenvalue weighted by atomic mass is 9.93. The van der Waals surface area contributed by atoms with Gasteiger partial charge in [-0.3, -0.25) is 4.79 Å². The molecule has 0 aliphatic heterocycles. The van der Waals surface area contributed by atoms with Crippen molar-refractivity contribution in [1.82, 2.24) is 9.97 Å². The van der Waals surface area contributed by atoms with E-state index in [9.17, 15) is 18.0 Å². The number of nitrogens with zero attached hydrogens (tertiary/aromatic N) is 3. The molecule has 0 bridgehead atoms. The Balaban J connectivity index is 2.15. The SMILES string of the molecule is CN(c1nccc(C(F)(F)F)n1)C1CCC(=O)CC1. The van der Waals surface area contributed by atoms with Crippen LogP contribution in [0.4, 0.5) is 19.1 Å². The Hall–Kier alpha value is -1.66. The number of hydrogen-bond donors (Lipinski definition) is 0. The van der Waals surface area contributed by atoms with E-state index in [1.807, 2.05) is 0 Å². The van der Waals surface area contributed by atoms with Gasteiger partial charge in [0.05, 0.1) is 0 Å². The third-order valence-electron chi connectivity index (χ3n) is 3.31. The Morgan fingerprint density at radius 1 is 1.32 bits per heavy atom. The van der Waals surface area contributed by atoms with Crippen LogP contribution in [0.2, 0.25) is 0 Å². The number of ketones is 1. The molecule has 104 valence electrons. The molecule has 0 atom stereocenters. The first-order chi connectivity index (χ1) is 8.88. The van der Waals surface area contributed by atoms with Gasteiger partial charge in [0.2, 0.25) is 5.95 Å². The first kappa shape index (κ1) is 13.8. The van der Waals surface area contributed by atoms with E-state index < -0.39 is 11.9 Å². The van der Waals surface area contributed by atoms with Crippen LogP contribution in [0.15, 0.2) is 12.3 Å². The molecule has 1 saturated carbocycles. The van der Waals surface area contributed by atoms with Crippen molar-refractivity contribution in [2.45, 2.75) is 37.9 Å². The van der Waals surface area contributed by atoms with Crippen molar-refractivity contribution >= 4 is 11.7 Å². The Labute approximate surface area is 108 Å². The molecule has 0 saturated heterocycles. The van der Waals surface area contributed by atoms with E-state index in [1.54, 1.807) is 11.9 Å². The van der Waals surface area contributed by atoms with Crippen molar-refractivity contribution in [1.29, 1.82) is 0 Å². The highest BCUT2D eigenvalue weighted by molar-refractivity contribution is 5.79. The number of Topliss-reactive ketones (excluding diaryl/α,β-unsaturated/α-hetero) is 1. The molecule has 0 amide bonds. The minimum Gasteiger partial charge on any atom is -0.341 e. The van der Waals surface area contributed by atoms with Gasteiger partial charge in [-0.1, -0.05) is 0 Å². The second-order valence-corrected chi connectivity index (χ2v) is 4.62. The zero-order chi connectivity index (χ0) is 14.0. The third kappa shape index (κ3) is 3.21. The molecule has 1 heterocycles. The van der Waals surface area contributed by atoms with Gasteiger partial charge >= 0.3 is 6.18 Å². The van der Waals surface area contributed by atoms with E-state index in [0.29, 0.717) is 25.7 Å². The normalized spacial score (nSPS) is 17.6. The number of alkyl halides is 3. The summed E-state index contributed by atoms with van der Waals surface area (Å²) in [6.07, 6.45) is -1.16. The van der Waals surface area contributed by atoms with Crippen LogP contribution in [0, 0.1) is 0 Å². The zero-order valence-corrected chi connectivity index (χ0v) is 10.4. The predicted octanol–water partition coefficient (Wildman–Crippen LogP) is 2.44. The summed E-state index contributed by atoms with van der Waals surface area (Å²) in [5, 5.41) is 0. The van der Waals surface area contributed by atoms with Crippen LogP contribution in [0.5, 0.6) is 0 Å². The van der Waals surface area contributed by atoms with E-state index in [4.69, 9.17) is 0 Å². The van der Waals surface area contributed by atoms with Gasteiger partial charge in [-0.25, -0.2) is 9.97 Å². The summed E-state index contributed by atoms with van der Waals surface area (Å²) in [6, 6.07) is 0.864. The fourth-order valence-corrected chi connectivity index (χ4v) is 2.15. The minimum atomic E-state index is -4.47. The Morgan fingerprint density at radius 2 is 1.95 bits per heavy atom. The maximum atomic E-state index is 12.6. The van der Waals surface area contributed by atoms with Crippen LogP contribution in [-0.2, 0) is 11.0 Å². The van der Waals surface area contributed by atoms with Crippen molar-refractivity contribution in [2.75, 3.05) is 11.9 Å². The van der Waals surface area contributed by atoms with Crippen LogP contribution >= 0.6 is 0 Å². The van der Waals surface area contributed by atoms with Crippen molar-refractivity contribution in [3.05, 3.63) is 18.0 Å². The average Bonchev–Trinajstić information content (AvgIpc) is 2.38. The molecular formula is C12H14F3N3O. The van der Waals surface area contributed by atoms with Gasteiger partial charge in [0.25, 0.3) is 0 Å². The summed E-state index contributed by atoms with van der Waals surface area (Å²) in [5.74, 6) is 0.254. The summed E-state index contributed by atoms with van der Waals surface area (Å²) in [4.78, 5) is 20.2. The van der Waals surface area contributed by atoms with Crippen LogP contribution in [0.1, 0.15) is 31.4 Å². The average molecular weight is 273 g/mol. The number of carbonyl (C=O) groups is 1. The molecule has 2 rings (SSSR count). The highest BCUT2D eigenvalue weighted by Crippen LogP contribution is 2.29. The molecule has 19 heavy (non-hydrogen) atoms. The lowest BCUT2D eigenvalue weighted by Gasteiger charge is -2.30. The van der Waals surface area contributed by atoms with Gasteiger partial charge in [0.1, 0.15) is 11.5 Å². The highest BCUT2D eigenvalue weighted by atomic mass is 19.4. The van der Waals surface area contributed by atoms with E-state index in [2.05, 4.69) is 9.97 Å². The molecule has 0 radical (unpaired) electrons. The maximum absolute atomic E-state index is 12.6. The number of carbonyl (C=O) groups excluding carboxylic acids is 1. The van der Waals surface area contributed by atoms with E-state index in [0.717, 1.165) is 12.3 Å². The number of rotatable bonds is 2. The number of anilines is 1. The molecule has 0 N–H and O–H groups in total. The molecule has 4 nitrogen and oxygen atoms in total. The molecule has 0 unspecified atom stereocenters. The first-order valence-electron chi connectivity index (χ1n) is 6.02. The molecular weight excluding hydrogens is 259 g/mol. The fourth-order valence-electron chi connectivity index (χ4n) is 2.15. The summed E-state index contributed by atoms with van der Waals surface area (Å²) >= 11 is 0. The quantitative estimate of drug-likeness (QED) is 0.830. The van der Waals surface area contributed by atoms with E-state index in [-0.39, 0.29) is 17.8 Å². The molecule has 1 fully saturated rings. The molecule has 1 aliphatic carbocycles. The summed E-state index contributed by atoms with van der Waals surface area (Å²) < 4.78 is 37.7. The lowest BCUT2D eigenvalue weighted by molar-refractivity contribution is -0.141. The van der Waals surface area contributed by atoms with Gasteiger partial charge in [-0.15, -0.1) is 0 Å². The Kier molecular flexibility index (Phi) is 3.73. The van der Waals surface area contributed by atoms with Gasteiger partial charge in [0.15, 0.2) is 0 Å². The van der Waals surface area contributed by atoms with Crippen LogP contribution < -0.4 is 4.90 Å². The van der Waals surface area contributed by atoms with Crippen LogP contribution in [0.25, 0.3) is 0 Å². The van der Waals surface area contributed by atoms with Crippen molar-refractivity contribution < 1.29 is 18.0 Å². The summed E-state index contributed by atoms with van der Waals surface area (Å²) in [6.45, 7) is 0. The zero-order valence-electron chi connectivity index (χ0n) is 10.4. The second-order valence-electron chi connectivity index (χ2n) is 4.62. The standard InChI is InChI=1S/C12H14F3N3O/c1-18(8-2-4-9(19)5-3-8)11-16-7-6-10(17-11)12(13,14)15/h6-8H,2-5H2,1H3. The number of aromatic nitrogens is 2. The minimum absolute atomic E-state index is 0.0150. The topological polar surface area (TPSA) is 46.1 Å². The lowest BCUT2D eigenvalue weighted by Crippen LogP contribution is -2.36. The number of halogens is 3. The smallest absolute Gasteiger partial charge is 0.341 e. The summed E-state index contributed by atoms with van der Waals surface area (Å²) in [5.41, 5.74) is -0.948. The van der Waals surface area contributed by atoms with Gasteiger partial charge in [-0.05, 0) is 18.9 Å². The highest BCUT2D eigenvalue weighted by Gasteiger charge is 2.33. The Bertz CT molecular complexity index is 466. The predicted molar refractivity (Wildman–Crippen MR) is 62.7 cm³/mol. The van der Waals surface area contributed by atoms with Crippen LogP contribution in [0.3, 0.4) is 0 Å². The van der Waals surface area contributed by atoms with Gasteiger partial charge < -0.3 is 4.90 Å². The third-order valence-corrected chi connectivity index (χ3v) is 3.31. The number of hydrogen-bond acceptors (Lipinski definition) is 4. The maximum Gasteiger partial charge on any atom is 0.433 e. The van der Waals surface area contributed by atoms with Gasteiger partial charge in [-0.2, -0.15) is 13.2 Å². The molecule has 1 aliphatic rings. The molecule has 1 aromatic rings. The molecule has 0 spiro atoms. The largest absolute Gasteiger partial charge is 0.433 e. The fraction of sp³-hybridized carbons (Fsp3) is 0.583. The Morgan fingerprint density at radius 3 is 2.53 bits per heavy atom. The molecule has 1 aromatic heterocycles. The van der Waals surface area contributed by atoms with Crippen molar-refractivity contribution in [2.24, 2.45) is 0 Å².